The van der Waals surface area contributed by atoms with Crippen LogP contribution in [0.5, 0.6) is 0 Å². The van der Waals surface area contributed by atoms with Crippen LogP contribution in [0.2, 0.25) is 0 Å². The van der Waals surface area contributed by atoms with Crippen LogP contribution >= 0.6 is 0 Å². The Morgan fingerprint density at radius 2 is 1.78 bits per heavy atom. The highest BCUT2D eigenvalue weighted by Gasteiger charge is 2.38. The fourth-order valence-corrected chi connectivity index (χ4v) is 5.00. The van der Waals surface area contributed by atoms with E-state index >= 15 is 0 Å². The third-order valence-corrected chi connectivity index (χ3v) is 6.86. The maximum atomic E-state index is 4.41. The Bertz CT molecular complexity index is 1350. The van der Waals surface area contributed by atoms with Gasteiger partial charge in [-0.2, -0.15) is 0 Å². The van der Waals surface area contributed by atoms with Crippen molar-refractivity contribution in [1.82, 2.24) is 9.80 Å². The maximum absolute atomic E-state index is 4.41. The highest BCUT2D eigenvalue weighted by molar-refractivity contribution is 5.77. The molecule has 1 fully saturated rings. The molecule has 1 saturated heterocycles. The van der Waals surface area contributed by atoms with Crippen molar-refractivity contribution in [3.05, 3.63) is 157 Å². The molecule has 3 aliphatic rings. The second-order valence-corrected chi connectivity index (χ2v) is 9.16. The lowest BCUT2D eigenvalue weighted by Gasteiger charge is -2.29. The second kappa shape index (κ2) is 10.5. The van der Waals surface area contributed by atoms with Gasteiger partial charge in [0.1, 0.15) is 0 Å². The van der Waals surface area contributed by atoms with Gasteiger partial charge in [-0.05, 0) is 65.3 Å². The van der Waals surface area contributed by atoms with Crippen LogP contribution in [-0.4, -0.2) is 35.3 Å². The Hall–Kier alpha value is -4.37. The van der Waals surface area contributed by atoms with Crippen LogP contribution in [0.3, 0.4) is 0 Å². The van der Waals surface area contributed by atoms with E-state index in [2.05, 4.69) is 132 Å². The average molecular weight is 470 g/mol. The molecule has 2 aromatic carbocycles. The minimum Gasteiger partial charge on any atom is -0.351 e. The molecule has 0 amide bonds. The molecule has 2 unspecified atom stereocenters. The zero-order chi connectivity index (χ0) is 24.9. The van der Waals surface area contributed by atoms with Crippen molar-refractivity contribution in [2.75, 3.05) is 6.67 Å². The molecule has 0 spiro atoms. The van der Waals surface area contributed by atoms with Crippen molar-refractivity contribution in [2.45, 2.75) is 18.5 Å². The molecule has 0 bridgehead atoms. The number of nitrogens with zero attached hydrogens (tertiary/aromatic N) is 3. The molecule has 2 aromatic rings. The normalized spacial score (nSPS) is 21.2. The van der Waals surface area contributed by atoms with Crippen LogP contribution in [0, 0.1) is 0 Å². The summed E-state index contributed by atoms with van der Waals surface area (Å²) in [5.41, 5.74) is 7.90. The van der Waals surface area contributed by atoms with Gasteiger partial charge >= 0.3 is 0 Å². The Morgan fingerprint density at radius 3 is 2.61 bits per heavy atom. The van der Waals surface area contributed by atoms with E-state index in [0.29, 0.717) is 5.70 Å². The molecule has 36 heavy (non-hydrogen) atoms. The molecule has 2 aliphatic carbocycles. The summed E-state index contributed by atoms with van der Waals surface area (Å²) in [4.78, 5) is 8.70. The highest BCUT2D eigenvalue weighted by atomic mass is 15.4. The minimum atomic E-state index is 0.205. The lowest BCUT2D eigenvalue weighted by Crippen LogP contribution is -2.34. The molecule has 178 valence electrons. The van der Waals surface area contributed by atoms with Crippen molar-refractivity contribution < 1.29 is 0 Å². The molecule has 0 N–H and O–H groups in total. The van der Waals surface area contributed by atoms with Gasteiger partial charge in [-0.25, -0.2) is 0 Å². The Kier molecular flexibility index (Phi) is 6.81. The first-order chi connectivity index (χ1) is 17.6. The summed E-state index contributed by atoms with van der Waals surface area (Å²) >= 11 is 0. The molecule has 5 rings (SSSR count). The fraction of sp³-hybridized carbons (Fsp3) is 0.121. The largest absolute Gasteiger partial charge is 0.351 e. The van der Waals surface area contributed by atoms with Crippen molar-refractivity contribution >= 4 is 17.9 Å². The molecular formula is C33H31N3. The van der Waals surface area contributed by atoms with Gasteiger partial charge in [0.2, 0.25) is 0 Å². The number of benzene rings is 2. The third kappa shape index (κ3) is 4.87. The van der Waals surface area contributed by atoms with E-state index in [0.717, 1.165) is 18.7 Å². The van der Waals surface area contributed by atoms with Crippen LogP contribution in [0.4, 0.5) is 0 Å². The quantitative estimate of drug-likeness (QED) is 0.337. The van der Waals surface area contributed by atoms with Gasteiger partial charge in [-0.15, -0.1) is 0 Å². The van der Waals surface area contributed by atoms with Gasteiger partial charge < -0.3 is 9.80 Å². The van der Waals surface area contributed by atoms with Crippen LogP contribution in [0.25, 0.3) is 11.1 Å². The van der Waals surface area contributed by atoms with E-state index in [1.165, 1.54) is 28.0 Å². The fourth-order valence-electron chi connectivity index (χ4n) is 5.00. The highest BCUT2D eigenvalue weighted by Crippen LogP contribution is 2.35. The predicted molar refractivity (Wildman–Crippen MR) is 153 cm³/mol. The predicted octanol–water partition coefficient (Wildman–Crippen LogP) is 6.95. The zero-order valence-electron chi connectivity index (χ0n) is 20.5. The summed E-state index contributed by atoms with van der Waals surface area (Å²) in [7, 11) is 0. The minimum absolute atomic E-state index is 0.205. The van der Waals surface area contributed by atoms with E-state index in [1.807, 2.05) is 18.2 Å². The Balaban J connectivity index is 1.47. The first kappa shape index (κ1) is 23.4. The summed E-state index contributed by atoms with van der Waals surface area (Å²) in [5.74, 6) is 0. The summed E-state index contributed by atoms with van der Waals surface area (Å²) in [6.45, 7) is 12.6. The lowest BCUT2D eigenvalue weighted by atomic mass is 9.92. The smallest absolute Gasteiger partial charge is 0.0911 e. The number of rotatable bonds is 6. The number of hydrogen-bond acceptors (Lipinski definition) is 3. The number of allylic oxidation sites excluding steroid dienone is 9. The standard InChI is InChI=1S/C33H31N3/c1-25-22-30(17-11-16-28-15-7-8-18-31(25)28)36-24-35(21-10-9-12-26(2)34-3)33-23-29(19-20-32(33)36)27-13-5-4-6-14-27/h4-15,17-23,32-33H,1-3,16,24H2/b12-9-,17-11?,21-10-,30-22?. The van der Waals surface area contributed by atoms with E-state index in [1.54, 1.807) is 0 Å². The van der Waals surface area contributed by atoms with Crippen molar-refractivity contribution in [1.29, 1.82) is 0 Å². The summed E-state index contributed by atoms with van der Waals surface area (Å²) in [6, 6.07) is 19.5. The monoisotopic (exact) mass is 469 g/mol. The molecule has 0 radical (unpaired) electrons. The number of aliphatic imine (C=N–C) groups is 1. The van der Waals surface area contributed by atoms with Gasteiger partial charge in [0.15, 0.2) is 0 Å². The molecular weight excluding hydrogens is 438 g/mol. The molecule has 0 saturated carbocycles. The SMILES string of the molecule is C=NC(=C)/C=C\C=C/N1CN(C2=CC(=C)c3ccccc3CC=C2)C2C=CC(c3ccccc3)=CC21. The van der Waals surface area contributed by atoms with Crippen LogP contribution in [0.1, 0.15) is 16.7 Å². The molecule has 3 heteroatoms. The maximum Gasteiger partial charge on any atom is 0.0911 e. The second-order valence-electron chi connectivity index (χ2n) is 9.16. The first-order valence-corrected chi connectivity index (χ1v) is 12.3. The molecule has 3 nitrogen and oxygen atoms in total. The van der Waals surface area contributed by atoms with Crippen LogP contribution in [0.15, 0.2) is 145 Å². The van der Waals surface area contributed by atoms with E-state index in [9.17, 15) is 0 Å². The van der Waals surface area contributed by atoms with Gasteiger partial charge in [-0.3, -0.25) is 4.99 Å². The molecule has 0 aromatic heterocycles. The summed E-state index contributed by atoms with van der Waals surface area (Å²) in [5, 5.41) is 0. The van der Waals surface area contributed by atoms with E-state index in [-0.39, 0.29) is 12.1 Å². The number of fused-ring (bicyclic) bond motifs is 2. The molecule has 2 atom stereocenters. The van der Waals surface area contributed by atoms with E-state index in [4.69, 9.17) is 0 Å². The van der Waals surface area contributed by atoms with Crippen LogP contribution < -0.4 is 0 Å². The molecule has 1 heterocycles. The first-order valence-electron chi connectivity index (χ1n) is 12.3. The van der Waals surface area contributed by atoms with Crippen molar-refractivity contribution in [3.63, 3.8) is 0 Å². The Labute approximate surface area is 214 Å². The summed E-state index contributed by atoms with van der Waals surface area (Å²) < 4.78 is 0. The Morgan fingerprint density at radius 1 is 0.972 bits per heavy atom. The summed E-state index contributed by atoms with van der Waals surface area (Å²) in [6.07, 6.45) is 22.6. The van der Waals surface area contributed by atoms with Gasteiger partial charge in [0, 0.05) is 11.9 Å². The van der Waals surface area contributed by atoms with Crippen LogP contribution in [-0.2, 0) is 6.42 Å². The number of hydrogen-bond donors (Lipinski definition) is 0. The zero-order valence-corrected chi connectivity index (χ0v) is 20.5. The van der Waals surface area contributed by atoms with Gasteiger partial charge in [-0.1, -0.05) is 98.1 Å². The van der Waals surface area contributed by atoms with Gasteiger partial charge in [0.05, 0.1) is 24.4 Å². The van der Waals surface area contributed by atoms with E-state index < -0.39 is 0 Å². The van der Waals surface area contributed by atoms with Crippen molar-refractivity contribution in [3.8, 4) is 0 Å². The lowest BCUT2D eigenvalue weighted by molar-refractivity contribution is 0.333. The third-order valence-electron chi connectivity index (χ3n) is 6.86. The average Bonchev–Trinajstić information content (AvgIpc) is 3.27. The molecule has 1 aliphatic heterocycles. The topological polar surface area (TPSA) is 18.8 Å². The van der Waals surface area contributed by atoms with Crippen molar-refractivity contribution in [2.24, 2.45) is 4.99 Å². The van der Waals surface area contributed by atoms with Gasteiger partial charge in [0.25, 0.3) is 0 Å².